The molecule has 0 spiro atoms. The number of nitrogens with two attached hydrogens (primary N) is 1. The van der Waals surface area contributed by atoms with Gasteiger partial charge in [-0.25, -0.2) is 0 Å². The largest absolute Gasteiger partial charge is 0.374 e. The summed E-state index contributed by atoms with van der Waals surface area (Å²) in [5.41, 5.74) is 5.80. The minimum atomic E-state index is 0. The third-order valence-electron chi connectivity index (χ3n) is 2.83. The fraction of sp³-hybridized carbons (Fsp3) is 1.00. The van der Waals surface area contributed by atoms with Crippen LogP contribution in [0.2, 0.25) is 0 Å². The normalized spacial score (nSPS) is 34.7. The zero-order chi connectivity index (χ0) is 9.26. The zero-order valence-electron chi connectivity index (χ0n) is 8.61. The molecule has 0 radical (unpaired) electrons. The van der Waals surface area contributed by atoms with Crippen LogP contribution in [-0.2, 0) is 4.74 Å². The summed E-state index contributed by atoms with van der Waals surface area (Å²) in [4.78, 5) is 2.46. The highest BCUT2D eigenvalue weighted by Crippen LogP contribution is 2.17. The van der Waals surface area contributed by atoms with Crippen LogP contribution in [0.4, 0.5) is 0 Å². The van der Waals surface area contributed by atoms with Gasteiger partial charge in [0.25, 0.3) is 0 Å². The van der Waals surface area contributed by atoms with Crippen molar-refractivity contribution >= 4 is 12.4 Å². The molecule has 0 aromatic rings. The molecule has 14 heavy (non-hydrogen) atoms. The van der Waals surface area contributed by atoms with E-state index in [4.69, 9.17) is 10.5 Å². The molecule has 0 saturated carbocycles. The fourth-order valence-corrected chi connectivity index (χ4v) is 2.26. The predicted molar refractivity (Wildman–Crippen MR) is 58.9 cm³/mol. The fourth-order valence-electron chi connectivity index (χ4n) is 2.26. The van der Waals surface area contributed by atoms with Gasteiger partial charge in [-0.15, -0.1) is 12.4 Å². The first-order valence-electron chi connectivity index (χ1n) is 5.09. The molecule has 3 atom stereocenters. The summed E-state index contributed by atoms with van der Waals surface area (Å²) in [5, 5.41) is 3.36. The second-order valence-corrected chi connectivity index (χ2v) is 4.11. The van der Waals surface area contributed by atoms with E-state index in [0.717, 1.165) is 32.8 Å². The van der Waals surface area contributed by atoms with Crippen LogP contribution in [0.5, 0.6) is 0 Å². The molecular formula is C9H20ClN3O. The lowest BCUT2D eigenvalue weighted by molar-refractivity contribution is -0.0478. The highest BCUT2D eigenvalue weighted by molar-refractivity contribution is 5.85. The summed E-state index contributed by atoms with van der Waals surface area (Å²) in [6.07, 6.45) is 0.396. The highest BCUT2D eigenvalue weighted by Gasteiger charge is 2.35. The van der Waals surface area contributed by atoms with E-state index in [-0.39, 0.29) is 18.4 Å². The van der Waals surface area contributed by atoms with Crippen LogP contribution < -0.4 is 11.1 Å². The molecule has 0 amide bonds. The van der Waals surface area contributed by atoms with Crippen molar-refractivity contribution in [3.8, 4) is 0 Å². The Hall–Kier alpha value is 0.130. The minimum Gasteiger partial charge on any atom is -0.374 e. The molecule has 2 fully saturated rings. The summed E-state index contributed by atoms with van der Waals surface area (Å²) in [7, 11) is 0. The summed E-state index contributed by atoms with van der Waals surface area (Å²) in [5.74, 6) is 0. The Morgan fingerprint density at radius 2 is 2.36 bits per heavy atom. The van der Waals surface area contributed by atoms with Gasteiger partial charge < -0.3 is 15.8 Å². The van der Waals surface area contributed by atoms with Crippen molar-refractivity contribution in [1.29, 1.82) is 0 Å². The summed E-state index contributed by atoms with van der Waals surface area (Å²) in [6, 6.07) is 0.819. The molecule has 0 bridgehead atoms. The summed E-state index contributed by atoms with van der Waals surface area (Å²) >= 11 is 0. The second kappa shape index (κ2) is 5.28. The van der Waals surface area contributed by atoms with Gasteiger partial charge in [0.15, 0.2) is 0 Å². The molecule has 4 nitrogen and oxygen atoms in total. The standard InChI is InChI=1S/C9H19N3O.ClH/c1-7(10)6-12-2-3-13-9-5-11-4-8(9)12;/h7-9,11H,2-6,10H2,1H3;1H/t7?,8-,9-;/m1./s1. The topological polar surface area (TPSA) is 50.5 Å². The first-order chi connectivity index (χ1) is 6.27. The smallest absolute Gasteiger partial charge is 0.0867 e. The molecule has 0 aliphatic carbocycles. The van der Waals surface area contributed by atoms with Gasteiger partial charge in [-0.2, -0.15) is 0 Å². The van der Waals surface area contributed by atoms with Crippen LogP contribution in [0.3, 0.4) is 0 Å². The monoisotopic (exact) mass is 221 g/mol. The molecule has 2 rings (SSSR count). The van der Waals surface area contributed by atoms with E-state index in [1.807, 2.05) is 0 Å². The van der Waals surface area contributed by atoms with Gasteiger partial charge in [-0.3, -0.25) is 4.90 Å². The number of hydrogen-bond donors (Lipinski definition) is 2. The Morgan fingerprint density at radius 3 is 3.07 bits per heavy atom. The summed E-state index contributed by atoms with van der Waals surface area (Å²) in [6.45, 7) is 7.00. The van der Waals surface area contributed by atoms with Gasteiger partial charge in [0.2, 0.25) is 0 Å². The predicted octanol–water partition coefficient (Wildman–Crippen LogP) is -0.572. The average Bonchev–Trinajstić information content (AvgIpc) is 2.51. The lowest BCUT2D eigenvalue weighted by atomic mass is 10.1. The number of ether oxygens (including phenoxy) is 1. The van der Waals surface area contributed by atoms with Crippen LogP contribution in [0.25, 0.3) is 0 Å². The van der Waals surface area contributed by atoms with E-state index in [2.05, 4.69) is 17.1 Å². The number of fused-ring (bicyclic) bond motifs is 1. The maximum absolute atomic E-state index is 5.80. The maximum Gasteiger partial charge on any atom is 0.0867 e. The number of rotatable bonds is 2. The van der Waals surface area contributed by atoms with Crippen molar-refractivity contribution < 1.29 is 4.74 Å². The first-order valence-corrected chi connectivity index (χ1v) is 5.09. The van der Waals surface area contributed by atoms with Gasteiger partial charge in [-0.05, 0) is 6.92 Å². The number of halogens is 1. The highest BCUT2D eigenvalue weighted by atomic mass is 35.5. The van der Waals surface area contributed by atoms with Crippen LogP contribution in [0, 0.1) is 0 Å². The van der Waals surface area contributed by atoms with Gasteiger partial charge in [0, 0.05) is 38.3 Å². The Bertz CT molecular complexity index is 179. The van der Waals surface area contributed by atoms with E-state index in [1.54, 1.807) is 0 Å². The van der Waals surface area contributed by atoms with E-state index in [1.165, 1.54) is 0 Å². The third kappa shape index (κ3) is 2.58. The molecular weight excluding hydrogens is 202 g/mol. The first kappa shape index (κ1) is 12.2. The van der Waals surface area contributed by atoms with E-state index >= 15 is 0 Å². The number of hydrogen-bond acceptors (Lipinski definition) is 4. The van der Waals surface area contributed by atoms with E-state index in [9.17, 15) is 0 Å². The van der Waals surface area contributed by atoms with Crippen molar-refractivity contribution in [3.05, 3.63) is 0 Å². The molecule has 5 heteroatoms. The number of morpholine rings is 1. The van der Waals surface area contributed by atoms with Crippen molar-refractivity contribution in [2.24, 2.45) is 5.73 Å². The summed E-state index contributed by atoms with van der Waals surface area (Å²) < 4.78 is 5.67. The SMILES string of the molecule is CC(N)CN1CCO[C@@H]2CNC[C@H]21.Cl. The van der Waals surface area contributed by atoms with Crippen LogP contribution in [0.15, 0.2) is 0 Å². The average molecular weight is 222 g/mol. The van der Waals surface area contributed by atoms with Crippen molar-refractivity contribution in [2.75, 3.05) is 32.8 Å². The molecule has 2 heterocycles. The van der Waals surface area contributed by atoms with E-state index in [0.29, 0.717) is 12.1 Å². The third-order valence-corrected chi connectivity index (χ3v) is 2.83. The van der Waals surface area contributed by atoms with Crippen molar-refractivity contribution in [2.45, 2.75) is 25.1 Å². The molecule has 0 aromatic carbocycles. The number of nitrogens with one attached hydrogen (secondary N) is 1. The maximum atomic E-state index is 5.80. The van der Waals surface area contributed by atoms with Crippen molar-refractivity contribution in [1.82, 2.24) is 10.2 Å². The van der Waals surface area contributed by atoms with Crippen LogP contribution in [-0.4, -0.2) is 55.9 Å². The molecule has 1 unspecified atom stereocenters. The Morgan fingerprint density at radius 1 is 1.57 bits per heavy atom. The van der Waals surface area contributed by atoms with Gasteiger partial charge >= 0.3 is 0 Å². The molecule has 0 aromatic heterocycles. The molecule has 84 valence electrons. The van der Waals surface area contributed by atoms with Crippen LogP contribution in [0.1, 0.15) is 6.92 Å². The zero-order valence-corrected chi connectivity index (χ0v) is 9.43. The second-order valence-electron chi connectivity index (χ2n) is 4.11. The quantitative estimate of drug-likeness (QED) is 0.656. The Balaban J connectivity index is 0.000000980. The molecule has 2 saturated heterocycles. The molecule has 3 N–H and O–H groups in total. The minimum absolute atomic E-state index is 0. The van der Waals surface area contributed by atoms with E-state index < -0.39 is 0 Å². The lowest BCUT2D eigenvalue weighted by Gasteiger charge is -2.37. The Labute approximate surface area is 91.6 Å². The Kier molecular flexibility index (Phi) is 4.60. The van der Waals surface area contributed by atoms with Gasteiger partial charge in [0.05, 0.1) is 12.7 Å². The van der Waals surface area contributed by atoms with Gasteiger partial charge in [-0.1, -0.05) is 0 Å². The molecule has 2 aliphatic rings. The number of nitrogens with zero attached hydrogens (tertiary/aromatic N) is 1. The molecule has 2 aliphatic heterocycles. The lowest BCUT2D eigenvalue weighted by Crippen LogP contribution is -2.53. The van der Waals surface area contributed by atoms with Gasteiger partial charge in [0.1, 0.15) is 0 Å². The van der Waals surface area contributed by atoms with Crippen molar-refractivity contribution in [3.63, 3.8) is 0 Å². The van der Waals surface area contributed by atoms with Crippen LogP contribution >= 0.6 is 12.4 Å².